The lowest BCUT2D eigenvalue weighted by molar-refractivity contribution is -0.143. The first-order chi connectivity index (χ1) is 14.2. The van der Waals surface area contributed by atoms with Crippen molar-refractivity contribution in [3.63, 3.8) is 0 Å². The highest BCUT2D eigenvalue weighted by Crippen LogP contribution is 2.63. The number of halogens is 1. The van der Waals surface area contributed by atoms with Crippen LogP contribution < -0.4 is 0 Å². The first-order valence-electron chi connectivity index (χ1n) is 9.81. The summed E-state index contributed by atoms with van der Waals surface area (Å²) < 4.78 is 1.67. The van der Waals surface area contributed by atoms with Crippen LogP contribution in [0.1, 0.15) is 30.5 Å². The number of aryl methyl sites for hydroxylation is 1. The summed E-state index contributed by atoms with van der Waals surface area (Å²) in [5.74, 6) is -0.577. The maximum atomic E-state index is 12.7. The van der Waals surface area contributed by atoms with E-state index in [1.165, 1.54) is 11.2 Å². The minimum Gasteiger partial charge on any atom is -0.392 e. The van der Waals surface area contributed by atoms with Gasteiger partial charge in [0.25, 0.3) is 0 Å². The zero-order chi connectivity index (χ0) is 21.4. The molecular formula is C22H21ClN4O3. The summed E-state index contributed by atoms with van der Waals surface area (Å²) in [6.07, 6.45) is 3.24. The Bertz CT molecular complexity index is 1210. The van der Waals surface area contributed by atoms with Crippen LogP contribution in [-0.2, 0) is 22.7 Å². The first kappa shape index (κ1) is 19.2. The first-order valence-corrected chi connectivity index (χ1v) is 10.2. The predicted molar refractivity (Wildman–Crippen MR) is 110 cm³/mol. The van der Waals surface area contributed by atoms with Gasteiger partial charge in [-0.1, -0.05) is 25.4 Å². The van der Waals surface area contributed by atoms with E-state index in [9.17, 15) is 14.7 Å². The largest absolute Gasteiger partial charge is 0.392 e. The van der Waals surface area contributed by atoms with Crippen molar-refractivity contribution in [1.82, 2.24) is 19.5 Å². The third-order valence-electron chi connectivity index (χ3n) is 6.55. The number of benzene rings is 1. The molecule has 2 fully saturated rings. The lowest BCUT2D eigenvalue weighted by Crippen LogP contribution is -2.35. The summed E-state index contributed by atoms with van der Waals surface area (Å²) in [5, 5.41) is 14.7. The fraction of sp³-hybridized carbons (Fsp3) is 0.364. The van der Waals surface area contributed by atoms with E-state index in [-0.39, 0.29) is 42.2 Å². The topological polar surface area (TPSA) is 87.8 Å². The summed E-state index contributed by atoms with van der Waals surface area (Å²) in [6.45, 7) is 5.90. The van der Waals surface area contributed by atoms with E-state index in [0.717, 1.165) is 22.3 Å². The number of nitrogens with zero attached hydrogens (tertiary/aromatic N) is 4. The number of aliphatic hydroxyl groups is 1. The number of likely N-dealkylation sites (tertiary alicyclic amines) is 1. The van der Waals surface area contributed by atoms with Crippen LogP contribution in [0.2, 0.25) is 5.02 Å². The van der Waals surface area contributed by atoms with Gasteiger partial charge >= 0.3 is 0 Å². The molecule has 2 unspecified atom stereocenters. The number of aliphatic hydroxyl groups excluding tert-OH is 1. The second kappa shape index (κ2) is 6.36. The Hall–Kier alpha value is -2.77. The van der Waals surface area contributed by atoms with Gasteiger partial charge < -0.3 is 5.11 Å². The van der Waals surface area contributed by atoms with Gasteiger partial charge in [0.15, 0.2) is 0 Å². The van der Waals surface area contributed by atoms with Crippen LogP contribution in [0.15, 0.2) is 30.7 Å². The number of fused-ring (bicyclic) bond motifs is 2. The Labute approximate surface area is 178 Å². The number of carbonyl (C=O) groups is 2. The minimum absolute atomic E-state index is 0.0930. The fourth-order valence-corrected chi connectivity index (χ4v) is 5.09. The van der Waals surface area contributed by atoms with Gasteiger partial charge in [-0.05, 0) is 47.2 Å². The second-order valence-electron chi connectivity index (χ2n) is 8.73. The summed E-state index contributed by atoms with van der Waals surface area (Å²) in [6, 6.07) is 5.45. The van der Waals surface area contributed by atoms with Crippen molar-refractivity contribution in [3.05, 3.63) is 52.4 Å². The highest BCUT2D eigenvalue weighted by molar-refractivity contribution is 6.31. The molecule has 0 radical (unpaired) electrons. The zero-order valence-electron chi connectivity index (χ0n) is 16.9. The van der Waals surface area contributed by atoms with E-state index in [2.05, 4.69) is 10.1 Å². The molecule has 7 nitrogen and oxygen atoms in total. The second-order valence-corrected chi connectivity index (χ2v) is 9.17. The minimum atomic E-state index is -0.222. The standard InChI is InChI=1S/C22H21ClN4O3/c1-11-4-13(23)6-14(15(11)9-28)19-16-5-12(8-27(16)25-10-24-19)7-26-20(29)17-18(21(26)30)22(17,2)3/h4-6,8,10,17-18,28H,7,9H2,1-3H3. The third kappa shape index (κ3) is 2.62. The van der Waals surface area contributed by atoms with Crippen molar-refractivity contribution in [2.45, 2.75) is 33.9 Å². The van der Waals surface area contributed by atoms with E-state index in [1.54, 1.807) is 22.8 Å². The Kier molecular flexibility index (Phi) is 4.07. The van der Waals surface area contributed by atoms with Crippen LogP contribution in [0.25, 0.3) is 16.8 Å². The van der Waals surface area contributed by atoms with E-state index < -0.39 is 0 Å². The molecule has 1 N–H and O–H groups in total. The summed E-state index contributed by atoms with van der Waals surface area (Å²) in [4.78, 5) is 31.1. The van der Waals surface area contributed by atoms with Gasteiger partial charge in [-0.15, -0.1) is 0 Å². The molecule has 154 valence electrons. The monoisotopic (exact) mass is 424 g/mol. The molecule has 3 aromatic rings. The number of aromatic nitrogens is 3. The molecule has 1 aromatic carbocycles. The van der Waals surface area contributed by atoms with E-state index >= 15 is 0 Å². The molecule has 8 heteroatoms. The van der Waals surface area contributed by atoms with Crippen molar-refractivity contribution < 1.29 is 14.7 Å². The molecule has 2 amide bonds. The lowest BCUT2D eigenvalue weighted by atomic mass is 9.99. The number of imide groups is 1. The Balaban J connectivity index is 1.53. The molecule has 1 saturated heterocycles. The molecule has 0 spiro atoms. The predicted octanol–water partition coefficient (Wildman–Crippen LogP) is 2.99. The number of carbonyl (C=O) groups excluding carboxylic acids is 2. The van der Waals surface area contributed by atoms with Gasteiger partial charge in [0.05, 0.1) is 36.2 Å². The molecule has 30 heavy (non-hydrogen) atoms. The number of hydrogen-bond acceptors (Lipinski definition) is 5. The number of hydrogen-bond donors (Lipinski definition) is 1. The number of piperidine rings is 1. The fourth-order valence-electron chi connectivity index (χ4n) is 4.81. The molecule has 2 atom stereocenters. The highest BCUT2D eigenvalue weighted by atomic mass is 35.5. The number of amides is 2. The molecule has 1 aliphatic carbocycles. The number of rotatable bonds is 4. The Morgan fingerprint density at radius 2 is 1.87 bits per heavy atom. The van der Waals surface area contributed by atoms with E-state index in [1.807, 2.05) is 26.8 Å². The van der Waals surface area contributed by atoms with Gasteiger partial charge in [0.1, 0.15) is 6.33 Å². The molecule has 0 bridgehead atoms. The van der Waals surface area contributed by atoms with Crippen LogP contribution in [0.3, 0.4) is 0 Å². The van der Waals surface area contributed by atoms with Crippen LogP contribution in [0.5, 0.6) is 0 Å². The summed E-state index contributed by atoms with van der Waals surface area (Å²) in [7, 11) is 0. The highest BCUT2D eigenvalue weighted by Gasteiger charge is 2.72. The maximum absolute atomic E-state index is 12.7. The molecule has 3 heterocycles. The van der Waals surface area contributed by atoms with Crippen molar-refractivity contribution >= 4 is 28.9 Å². The van der Waals surface area contributed by atoms with Gasteiger partial charge in [-0.3, -0.25) is 14.5 Å². The molecule has 1 aliphatic heterocycles. The molecule has 5 rings (SSSR count). The zero-order valence-corrected chi connectivity index (χ0v) is 17.6. The van der Waals surface area contributed by atoms with E-state index in [0.29, 0.717) is 16.2 Å². The van der Waals surface area contributed by atoms with Gasteiger partial charge in [0.2, 0.25) is 11.8 Å². The normalized spacial score (nSPS) is 22.1. The maximum Gasteiger partial charge on any atom is 0.233 e. The van der Waals surface area contributed by atoms with Crippen LogP contribution in [-0.4, -0.2) is 36.4 Å². The van der Waals surface area contributed by atoms with Gasteiger partial charge in [-0.25, -0.2) is 9.50 Å². The molecular weight excluding hydrogens is 404 g/mol. The SMILES string of the molecule is Cc1cc(Cl)cc(-c2ncnn3cc(CN4C(=O)C5C(C4=O)C5(C)C)cc23)c1CO. The van der Waals surface area contributed by atoms with Gasteiger partial charge in [-0.2, -0.15) is 5.10 Å². The van der Waals surface area contributed by atoms with Crippen LogP contribution in [0, 0.1) is 24.2 Å². The van der Waals surface area contributed by atoms with Crippen LogP contribution in [0.4, 0.5) is 0 Å². The molecule has 2 aliphatic rings. The summed E-state index contributed by atoms with van der Waals surface area (Å²) >= 11 is 6.26. The van der Waals surface area contributed by atoms with Crippen molar-refractivity contribution in [1.29, 1.82) is 0 Å². The smallest absolute Gasteiger partial charge is 0.233 e. The van der Waals surface area contributed by atoms with E-state index in [4.69, 9.17) is 11.6 Å². The average molecular weight is 425 g/mol. The third-order valence-corrected chi connectivity index (χ3v) is 6.76. The van der Waals surface area contributed by atoms with Crippen molar-refractivity contribution in [2.24, 2.45) is 17.3 Å². The van der Waals surface area contributed by atoms with Gasteiger partial charge in [0, 0.05) is 16.8 Å². The quantitative estimate of drug-likeness (QED) is 0.650. The molecule has 1 saturated carbocycles. The van der Waals surface area contributed by atoms with Crippen molar-refractivity contribution in [3.8, 4) is 11.3 Å². The van der Waals surface area contributed by atoms with Crippen molar-refractivity contribution in [2.75, 3.05) is 0 Å². The Morgan fingerprint density at radius 1 is 1.17 bits per heavy atom. The lowest BCUT2D eigenvalue weighted by Gasteiger charge is -2.19. The molecule has 2 aromatic heterocycles. The summed E-state index contributed by atoms with van der Waals surface area (Å²) in [5.41, 5.74) is 4.27. The van der Waals surface area contributed by atoms with Crippen LogP contribution >= 0.6 is 11.6 Å². The Morgan fingerprint density at radius 3 is 2.53 bits per heavy atom. The average Bonchev–Trinajstić information content (AvgIpc) is 2.95.